The molecule has 1 unspecified atom stereocenters. The molecule has 0 N–H and O–H groups in total. The molecule has 1 heterocycles. The second kappa shape index (κ2) is 6.29. The molecule has 2 rings (SSSR count). The van der Waals surface area contributed by atoms with Gasteiger partial charge in [0.05, 0.1) is 0 Å². The molecule has 114 valence electrons. The van der Waals surface area contributed by atoms with Crippen LogP contribution in [0.5, 0.6) is 0 Å². The molecule has 2 amide bonds. The van der Waals surface area contributed by atoms with Crippen molar-refractivity contribution in [3.63, 3.8) is 0 Å². The topological polar surface area (TPSA) is 40.6 Å². The zero-order valence-corrected chi connectivity index (χ0v) is 13.3. The van der Waals surface area contributed by atoms with Crippen LogP contribution in [0.2, 0.25) is 0 Å². The van der Waals surface area contributed by atoms with Gasteiger partial charge in [-0.15, -0.1) is 0 Å². The van der Waals surface area contributed by atoms with Gasteiger partial charge in [-0.05, 0) is 30.5 Å². The zero-order chi connectivity index (χ0) is 15.6. The number of rotatable bonds is 3. The van der Waals surface area contributed by atoms with E-state index >= 15 is 0 Å². The van der Waals surface area contributed by atoms with Gasteiger partial charge in [-0.25, -0.2) is 0 Å². The number of carbonyl (C=O) groups is 2. The molecule has 0 saturated carbocycles. The number of anilines is 1. The minimum absolute atomic E-state index is 0.000321. The lowest BCUT2D eigenvalue weighted by Gasteiger charge is -2.39. The minimum Gasteiger partial charge on any atom is -0.329 e. The Labute approximate surface area is 126 Å². The van der Waals surface area contributed by atoms with E-state index in [1.807, 2.05) is 26.0 Å². The van der Waals surface area contributed by atoms with Gasteiger partial charge in [0.2, 0.25) is 11.8 Å². The van der Waals surface area contributed by atoms with Crippen molar-refractivity contribution < 1.29 is 9.59 Å². The predicted molar refractivity (Wildman–Crippen MR) is 84.4 cm³/mol. The van der Waals surface area contributed by atoms with Crippen molar-refractivity contribution in [2.24, 2.45) is 0 Å². The Morgan fingerprint density at radius 1 is 1.24 bits per heavy atom. The summed E-state index contributed by atoms with van der Waals surface area (Å²) in [6.07, 6.45) is 0.445. The largest absolute Gasteiger partial charge is 0.329 e. The van der Waals surface area contributed by atoms with Crippen molar-refractivity contribution in [3.05, 3.63) is 29.8 Å². The molecule has 1 atom stereocenters. The van der Waals surface area contributed by atoms with Gasteiger partial charge in [-0.2, -0.15) is 0 Å². The summed E-state index contributed by atoms with van der Waals surface area (Å²) in [6.45, 7) is 9.11. The summed E-state index contributed by atoms with van der Waals surface area (Å²) in [5.41, 5.74) is 2.18. The van der Waals surface area contributed by atoms with Gasteiger partial charge < -0.3 is 9.80 Å². The van der Waals surface area contributed by atoms with Crippen LogP contribution in [0.4, 0.5) is 5.69 Å². The molecule has 0 bridgehead atoms. The molecular weight excluding hydrogens is 264 g/mol. The lowest BCUT2D eigenvalue weighted by Crippen LogP contribution is -2.57. The second-order valence-electron chi connectivity index (χ2n) is 5.85. The Kier molecular flexibility index (Phi) is 4.66. The number of hydrogen-bond donors (Lipinski definition) is 0. The van der Waals surface area contributed by atoms with Gasteiger partial charge in [0.25, 0.3) is 0 Å². The molecule has 0 aliphatic carbocycles. The lowest BCUT2D eigenvalue weighted by molar-refractivity contribution is -0.140. The van der Waals surface area contributed by atoms with Crippen LogP contribution in [0.25, 0.3) is 0 Å². The maximum atomic E-state index is 12.5. The average molecular weight is 288 g/mol. The van der Waals surface area contributed by atoms with E-state index < -0.39 is 0 Å². The molecular formula is C17H24N2O2. The van der Waals surface area contributed by atoms with Gasteiger partial charge in [0.1, 0.15) is 6.04 Å². The van der Waals surface area contributed by atoms with Gasteiger partial charge >= 0.3 is 0 Å². The summed E-state index contributed by atoms with van der Waals surface area (Å²) >= 11 is 0. The molecule has 1 saturated heterocycles. The van der Waals surface area contributed by atoms with Crippen LogP contribution in [0.3, 0.4) is 0 Å². The number of amides is 2. The molecule has 0 aromatic heterocycles. The summed E-state index contributed by atoms with van der Waals surface area (Å²) in [7, 11) is 0. The first-order chi connectivity index (χ1) is 9.95. The van der Waals surface area contributed by atoms with E-state index in [4.69, 9.17) is 0 Å². The molecule has 0 spiro atoms. The summed E-state index contributed by atoms with van der Waals surface area (Å²) < 4.78 is 0. The highest BCUT2D eigenvalue weighted by atomic mass is 16.2. The van der Waals surface area contributed by atoms with Crippen molar-refractivity contribution >= 4 is 17.5 Å². The predicted octanol–water partition coefficient (Wildman–Crippen LogP) is 2.78. The number of nitrogens with zero attached hydrogens (tertiary/aromatic N) is 2. The molecule has 1 aliphatic heterocycles. The molecule has 1 aromatic carbocycles. The van der Waals surface area contributed by atoms with Crippen LogP contribution in [-0.2, 0) is 9.59 Å². The summed E-state index contributed by atoms with van der Waals surface area (Å²) in [6, 6.07) is 7.76. The van der Waals surface area contributed by atoms with Gasteiger partial charge in [-0.1, -0.05) is 32.9 Å². The van der Waals surface area contributed by atoms with Crippen LogP contribution >= 0.6 is 0 Å². The van der Waals surface area contributed by atoms with Crippen molar-refractivity contribution in [1.29, 1.82) is 0 Å². The molecule has 1 aliphatic rings. The van der Waals surface area contributed by atoms with E-state index in [-0.39, 0.29) is 17.9 Å². The molecule has 1 aromatic rings. The van der Waals surface area contributed by atoms with Crippen LogP contribution in [0.15, 0.2) is 24.3 Å². The van der Waals surface area contributed by atoms with E-state index in [1.54, 1.807) is 9.80 Å². The molecule has 4 heteroatoms. The van der Waals surface area contributed by atoms with Crippen LogP contribution in [0.1, 0.15) is 45.6 Å². The van der Waals surface area contributed by atoms with Crippen LogP contribution in [-0.4, -0.2) is 35.8 Å². The number of hydrogen-bond acceptors (Lipinski definition) is 2. The van der Waals surface area contributed by atoms with E-state index in [9.17, 15) is 9.59 Å². The highest BCUT2D eigenvalue weighted by Crippen LogP contribution is 2.23. The van der Waals surface area contributed by atoms with Crippen LogP contribution < -0.4 is 4.90 Å². The fourth-order valence-electron chi connectivity index (χ4n) is 2.71. The third kappa shape index (κ3) is 3.09. The lowest BCUT2D eigenvalue weighted by atomic mass is 10.0. The Hall–Kier alpha value is -1.84. The Morgan fingerprint density at radius 2 is 1.86 bits per heavy atom. The van der Waals surface area contributed by atoms with Crippen LogP contribution in [0, 0.1) is 0 Å². The van der Waals surface area contributed by atoms with Crippen molar-refractivity contribution in [3.8, 4) is 0 Å². The van der Waals surface area contributed by atoms with E-state index in [2.05, 4.69) is 26.0 Å². The smallest absolute Gasteiger partial charge is 0.249 e. The summed E-state index contributed by atoms with van der Waals surface area (Å²) in [4.78, 5) is 27.8. The summed E-state index contributed by atoms with van der Waals surface area (Å²) in [5, 5.41) is 0. The fourth-order valence-corrected chi connectivity index (χ4v) is 2.71. The maximum absolute atomic E-state index is 12.5. The van der Waals surface area contributed by atoms with Gasteiger partial charge in [0, 0.05) is 25.2 Å². The quantitative estimate of drug-likeness (QED) is 0.858. The first kappa shape index (κ1) is 15.5. The number of piperazine rings is 1. The number of benzene rings is 1. The highest BCUT2D eigenvalue weighted by molar-refractivity contribution is 6.00. The molecule has 0 radical (unpaired) electrons. The standard InChI is InChI=1S/C17H24N2O2/c1-5-16(20)18-10-11-19(17(21)13(18)4)15-8-6-14(7-9-15)12(2)3/h6-9,12-13H,5,10-11H2,1-4H3. The highest BCUT2D eigenvalue weighted by Gasteiger charge is 2.34. The molecule has 4 nitrogen and oxygen atoms in total. The first-order valence-corrected chi connectivity index (χ1v) is 7.66. The number of carbonyl (C=O) groups excluding carboxylic acids is 2. The van der Waals surface area contributed by atoms with E-state index in [1.165, 1.54) is 5.56 Å². The minimum atomic E-state index is -0.379. The molecule has 21 heavy (non-hydrogen) atoms. The maximum Gasteiger partial charge on any atom is 0.249 e. The fraction of sp³-hybridized carbons (Fsp3) is 0.529. The van der Waals surface area contributed by atoms with E-state index in [0.29, 0.717) is 25.4 Å². The Morgan fingerprint density at radius 3 is 2.38 bits per heavy atom. The van der Waals surface area contributed by atoms with Crippen molar-refractivity contribution in [1.82, 2.24) is 4.90 Å². The van der Waals surface area contributed by atoms with Crippen molar-refractivity contribution in [2.45, 2.75) is 46.1 Å². The Balaban J connectivity index is 2.15. The Bertz CT molecular complexity index is 522. The van der Waals surface area contributed by atoms with Crippen molar-refractivity contribution in [2.75, 3.05) is 18.0 Å². The molecule has 1 fully saturated rings. The third-order valence-electron chi connectivity index (χ3n) is 4.15. The first-order valence-electron chi connectivity index (χ1n) is 7.66. The van der Waals surface area contributed by atoms with E-state index in [0.717, 1.165) is 5.69 Å². The van der Waals surface area contributed by atoms with Gasteiger partial charge in [-0.3, -0.25) is 9.59 Å². The normalized spacial score (nSPS) is 19.3. The van der Waals surface area contributed by atoms with Gasteiger partial charge in [0.15, 0.2) is 0 Å². The second-order valence-corrected chi connectivity index (χ2v) is 5.85. The average Bonchev–Trinajstić information content (AvgIpc) is 2.49. The zero-order valence-electron chi connectivity index (χ0n) is 13.3. The third-order valence-corrected chi connectivity index (χ3v) is 4.15. The summed E-state index contributed by atoms with van der Waals surface area (Å²) in [5.74, 6) is 0.527. The monoisotopic (exact) mass is 288 g/mol. The SMILES string of the molecule is CCC(=O)N1CCN(c2ccc(C(C)C)cc2)C(=O)C1C.